The van der Waals surface area contributed by atoms with Crippen molar-refractivity contribution in [3.63, 3.8) is 0 Å². The van der Waals surface area contributed by atoms with E-state index in [4.69, 9.17) is 32.7 Å². The Morgan fingerprint density at radius 1 is 0.971 bits per heavy atom. The number of hydrogen-bond acceptors (Lipinski definition) is 3. The van der Waals surface area contributed by atoms with Crippen LogP contribution in [0.5, 0.6) is 11.5 Å². The summed E-state index contributed by atoms with van der Waals surface area (Å²) in [5.41, 5.74) is 3.01. The number of nitrogens with one attached hydrogen (secondary N) is 1. The summed E-state index contributed by atoms with van der Waals surface area (Å²) in [6.07, 6.45) is 2.31. The van der Waals surface area contributed by atoms with Crippen molar-refractivity contribution in [3.8, 4) is 11.5 Å². The van der Waals surface area contributed by atoms with Crippen molar-refractivity contribution in [3.05, 3.63) is 94.1 Å². The van der Waals surface area contributed by atoms with Crippen molar-refractivity contribution in [2.75, 3.05) is 26.3 Å². The minimum Gasteiger partial charge on any atom is -0.457 e. The summed E-state index contributed by atoms with van der Waals surface area (Å²) in [6.45, 7) is 2.38. The van der Waals surface area contributed by atoms with Crippen LogP contribution in [-0.4, -0.2) is 42.1 Å². The first-order chi connectivity index (χ1) is 16.6. The second-order valence-corrected chi connectivity index (χ2v) is 9.19. The lowest BCUT2D eigenvalue weighted by Crippen LogP contribution is -2.41. The Labute approximate surface area is 208 Å². The number of fused-ring (bicyclic) bond motifs is 1. The third kappa shape index (κ3) is 5.07. The van der Waals surface area contributed by atoms with E-state index in [2.05, 4.69) is 4.98 Å². The molecule has 0 spiro atoms. The normalized spacial score (nSPS) is 14.8. The second kappa shape index (κ2) is 10.1. The van der Waals surface area contributed by atoms with Crippen molar-refractivity contribution in [2.24, 2.45) is 0 Å². The molecule has 2 heterocycles. The number of aromatic amines is 1. The Morgan fingerprint density at radius 2 is 1.74 bits per heavy atom. The highest BCUT2D eigenvalue weighted by molar-refractivity contribution is 6.31. The fraction of sp³-hybridized carbons (Fsp3) is 0.222. The van der Waals surface area contributed by atoms with Gasteiger partial charge in [0, 0.05) is 52.6 Å². The van der Waals surface area contributed by atoms with Gasteiger partial charge in [0.05, 0.1) is 13.2 Å². The van der Waals surface area contributed by atoms with Crippen LogP contribution in [0.25, 0.3) is 10.9 Å². The smallest absolute Gasteiger partial charge is 0.223 e. The van der Waals surface area contributed by atoms with Crippen molar-refractivity contribution < 1.29 is 14.3 Å². The fourth-order valence-corrected chi connectivity index (χ4v) is 4.66. The summed E-state index contributed by atoms with van der Waals surface area (Å²) in [5, 5.41) is 2.32. The fourth-order valence-electron chi connectivity index (χ4n) is 4.36. The van der Waals surface area contributed by atoms with Gasteiger partial charge in [-0.3, -0.25) is 4.79 Å². The summed E-state index contributed by atoms with van der Waals surface area (Å²) >= 11 is 12.3. The van der Waals surface area contributed by atoms with E-state index in [0.717, 1.165) is 22.0 Å². The molecule has 5 rings (SSSR count). The van der Waals surface area contributed by atoms with Crippen LogP contribution >= 0.6 is 23.2 Å². The number of nitrogens with zero attached hydrogens (tertiary/aromatic N) is 1. The topological polar surface area (TPSA) is 54.6 Å². The van der Waals surface area contributed by atoms with Gasteiger partial charge in [0.1, 0.15) is 11.5 Å². The zero-order valence-electron chi connectivity index (χ0n) is 18.5. The highest BCUT2D eigenvalue weighted by atomic mass is 35.5. The number of hydrogen-bond donors (Lipinski definition) is 1. The highest BCUT2D eigenvalue weighted by Gasteiger charge is 2.26. The van der Waals surface area contributed by atoms with Crippen LogP contribution < -0.4 is 4.74 Å². The Morgan fingerprint density at radius 3 is 2.53 bits per heavy atom. The molecule has 1 aliphatic heterocycles. The van der Waals surface area contributed by atoms with Crippen LogP contribution in [0.2, 0.25) is 10.0 Å². The van der Waals surface area contributed by atoms with Crippen molar-refractivity contribution in [2.45, 2.75) is 12.3 Å². The first-order valence-electron chi connectivity index (χ1n) is 11.2. The highest BCUT2D eigenvalue weighted by Crippen LogP contribution is 2.37. The number of carbonyl (C=O) groups excluding carboxylic acids is 1. The molecular weight excluding hydrogens is 471 g/mol. The molecule has 5 nitrogen and oxygen atoms in total. The molecule has 174 valence electrons. The molecule has 0 saturated carbocycles. The zero-order valence-corrected chi connectivity index (χ0v) is 20.0. The van der Waals surface area contributed by atoms with Crippen LogP contribution in [-0.2, 0) is 9.53 Å². The Kier molecular flexibility index (Phi) is 6.77. The first-order valence-corrected chi connectivity index (χ1v) is 12.0. The van der Waals surface area contributed by atoms with Gasteiger partial charge in [-0.2, -0.15) is 0 Å². The number of halogens is 2. The van der Waals surface area contributed by atoms with Gasteiger partial charge in [-0.15, -0.1) is 0 Å². The van der Waals surface area contributed by atoms with E-state index in [1.165, 1.54) is 0 Å². The molecule has 0 aliphatic carbocycles. The number of ether oxygens (including phenoxy) is 2. The number of benzene rings is 3. The monoisotopic (exact) mass is 494 g/mol. The maximum Gasteiger partial charge on any atom is 0.223 e. The van der Waals surface area contributed by atoms with Crippen LogP contribution in [0.4, 0.5) is 0 Å². The lowest BCUT2D eigenvalue weighted by Gasteiger charge is -2.29. The summed E-state index contributed by atoms with van der Waals surface area (Å²) < 4.78 is 11.5. The largest absolute Gasteiger partial charge is 0.457 e. The molecule has 1 aliphatic rings. The summed E-state index contributed by atoms with van der Waals surface area (Å²) in [5.74, 6) is 1.33. The molecule has 1 aromatic heterocycles. The van der Waals surface area contributed by atoms with Crippen LogP contribution in [0, 0.1) is 0 Å². The molecule has 1 atom stereocenters. The third-order valence-corrected chi connectivity index (χ3v) is 6.59. The molecule has 1 amide bonds. The van der Waals surface area contributed by atoms with Gasteiger partial charge in [0.25, 0.3) is 0 Å². The minimum atomic E-state index is -0.170. The minimum absolute atomic E-state index is 0.105. The van der Waals surface area contributed by atoms with Gasteiger partial charge < -0.3 is 19.4 Å². The lowest BCUT2D eigenvalue weighted by molar-refractivity contribution is -0.135. The number of morpholine rings is 1. The van der Waals surface area contributed by atoms with Gasteiger partial charge in [0.15, 0.2) is 0 Å². The average molecular weight is 495 g/mol. The van der Waals surface area contributed by atoms with E-state index in [0.29, 0.717) is 54.3 Å². The number of carbonyl (C=O) groups is 1. The number of aromatic nitrogens is 1. The Hall–Kier alpha value is -2.99. The summed E-state index contributed by atoms with van der Waals surface area (Å²) in [4.78, 5) is 18.5. The van der Waals surface area contributed by atoms with E-state index in [9.17, 15) is 4.79 Å². The van der Waals surface area contributed by atoms with Crippen LogP contribution in [0.15, 0.2) is 72.9 Å². The molecule has 0 unspecified atom stereocenters. The van der Waals surface area contributed by atoms with E-state index in [1.54, 1.807) is 12.1 Å². The zero-order chi connectivity index (χ0) is 23.5. The molecule has 7 heteroatoms. The summed E-state index contributed by atoms with van der Waals surface area (Å²) in [6, 6.07) is 20.9. The van der Waals surface area contributed by atoms with Gasteiger partial charge in [0.2, 0.25) is 5.91 Å². The van der Waals surface area contributed by atoms with Gasteiger partial charge in [-0.1, -0.05) is 35.3 Å². The van der Waals surface area contributed by atoms with Crippen LogP contribution in [0.1, 0.15) is 23.5 Å². The van der Waals surface area contributed by atoms with E-state index < -0.39 is 0 Å². The maximum atomic E-state index is 13.3. The molecule has 1 N–H and O–H groups in total. The Bertz CT molecular complexity index is 1300. The molecule has 1 saturated heterocycles. The van der Waals surface area contributed by atoms with E-state index >= 15 is 0 Å². The van der Waals surface area contributed by atoms with Crippen molar-refractivity contribution >= 4 is 40.0 Å². The number of rotatable bonds is 6. The maximum absolute atomic E-state index is 13.3. The second-order valence-electron chi connectivity index (χ2n) is 8.31. The Balaban J connectivity index is 1.50. The van der Waals surface area contributed by atoms with Crippen molar-refractivity contribution in [1.29, 1.82) is 0 Å². The van der Waals surface area contributed by atoms with E-state index in [-0.39, 0.29) is 11.8 Å². The van der Waals surface area contributed by atoms with Gasteiger partial charge in [-0.05, 0) is 65.7 Å². The van der Waals surface area contributed by atoms with Gasteiger partial charge in [-0.25, -0.2) is 0 Å². The molecule has 1 fully saturated rings. The molecule has 34 heavy (non-hydrogen) atoms. The molecule has 3 aromatic carbocycles. The first kappa shape index (κ1) is 22.8. The third-order valence-electron chi connectivity index (χ3n) is 6.10. The standard InChI is InChI=1S/C27H24Cl2N2O3/c28-19-4-7-21(8-5-19)34-22-3-1-2-18(14-22)23(16-27(32)31-10-12-33-13-11-31)25-17-30-26-9-6-20(29)15-24(25)26/h1-9,14-15,17,23,30H,10-13,16H2/t23-/m0/s1. The molecule has 0 bridgehead atoms. The summed E-state index contributed by atoms with van der Waals surface area (Å²) in [7, 11) is 0. The number of amides is 1. The van der Waals surface area contributed by atoms with Crippen LogP contribution in [0.3, 0.4) is 0 Å². The molecular formula is C27H24Cl2N2O3. The van der Waals surface area contributed by atoms with Gasteiger partial charge >= 0.3 is 0 Å². The van der Waals surface area contributed by atoms with E-state index in [1.807, 2.05) is 65.7 Å². The SMILES string of the molecule is O=C(C[C@@H](c1cccc(Oc2ccc(Cl)cc2)c1)c1c[nH]c2ccc(Cl)cc12)N1CCOCC1. The predicted octanol–water partition coefficient (Wildman–Crippen LogP) is 6.65. The molecule has 4 aromatic rings. The number of H-pyrrole nitrogens is 1. The van der Waals surface area contributed by atoms with Crippen molar-refractivity contribution in [1.82, 2.24) is 9.88 Å². The lowest BCUT2D eigenvalue weighted by atomic mass is 9.87. The average Bonchev–Trinajstić information content (AvgIpc) is 3.27. The molecule has 0 radical (unpaired) electrons. The quantitative estimate of drug-likeness (QED) is 0.326. The predicted molar refractivity (Wildman–Crippen MR) is 135 cm³/mol.